The fourth-order valence-corrected chi connectivity index (χ4v) is 2.16. The van der Waals surface area contributed by atoms with Crippen molar-refractivity contribution in [2.45, 2.75) is 0 Å². The van der Waals surface area contributed by atoms with Crippen molar-refractivity contribution in [3.05, 3.63) is 71.4 Å². The lowest BCUT2D eigenvalue weighted by molar-refractivity contribution is -0.117. The Kier molecular flexibility index (Phi) is 6.74. The Morgan fingerprint density at radius 2 is 1.76 bits per heavy atom. The summed E-state index contributed by atoms with van der Waals surface area (Å²) in [4.78, 5) is 24.8. The molecule has 2 rings (SSSR count). The van der Waals surface area contributed by atoms with E-state index in [0.29, 0.717) is 11.3 Å². The van der Waals surface area contributed by atoms with Gasteiger partial charge in [0.15, 0.2) is 0 Å². The smallest absolute Gasteiger partial charge is 0.267 e. The molecular weight excluding hydrogens is 320 g/mol. The summed E-state index contributed by atoms with van der Waals surface area (Å²) in [6.07, 6.45) is 1.57. The number of nitrogens with one attached hydrogen (secondary N) is 2. The standard InChI is InChI=1S/C19H20N2O4/c1-25-17-10-6-5-9-15(17)18(23)21-16(19(24)20-11-12-22)13-14-7-3-2-4-8-14/h2-10,13,22H,11-12H2,1H3,(H,20,24)(H,21,23). The van der Waals surface area contributed by atoms with E-state index in [2.05, 4.69) is 10.6 Å². The van der Waals surface area contributed by atoms with Crippen molar-refractivity contribution in [3.63, 3.8) is 0 Å². The number of benzene rings is 2. The van der Waals surface area contributed by atoms with Gasteiger partial charge in [0.05, 0.1) is 19.3 Å². The van der Waals surface area contributed by atoms with Gasteiger partial charge in [-0.2, -0.15) is 0 Å². The van der Waals surface area contributed by atoms with E-state index in [0.717, 1.165) is 5.56 Å². The summed E-state index contributed by atoms with van der Waals surface area (Å²) in [5.74, 6) is -0.533. The van der Waals surface area contributed by atoms with Crippen molar-refractivity contribution in [1.82, 2.24) is 10.6 Å². The molecule has 2 amide bonds. The molecule has 6 nitrogen and oxygen atoms in total. The Labute approximate surface area is 146 Å². The van der Waals surface area contributed by atoms with Gasteiger partial charge in [0.2, 0.25) is 0 Å². The highest BCUT2D eigenvalue weighted by molar-refractivity contribution is 6.06. The first-order chi connectivity index (χ1) is 12.2. The third-order valence-corrected chi connectivity index (χ3v) is 3.35. The zero-order valence-electron chi connectivity index (χ0n) is 13.9. The van der Waals surface area contributed by atoms with Crippen LogP contribution < -0.4 is 15.4 Å². The molecule has 0 atom stereocenters. The summed E-state index contributed by atoms with van der Waals surface area (Å²) < 4.78 is 5.18. The fraction of sp³-hybridized carbons (Fsp3) is 0.158. The number of carbonyl (C=O) groups excluding carboxylic acids is 2. The number of para-hydroxylation sites is 1. The summed E-state index contributed by atoms with van der Waals surface area (Å²) in [6, 6.07) is 15.9. The Balaban J connectivity index is 2.28. The number of ether oxygens (including phenoxy) is 1. The van der Waals surface area contributed by atoms with Crippen LogP contribution in [0.3, 0.4) is 0 Å². The summed E-state index contributed by atoms with van der Waals surface area (Å²) in [5.41, 5.74) is 1.16. The molecule has 130 valence electrons. The van der Waals surface area contributed by atoms with E-state index in [1.165, 1.54) is 7.11 Å². The van der Waals surface area contributed by atoms with E-state index >= 15 is 0 Å². The maximum absolute atomic E-state index is 12.5. The van der Waals surface area contributed by atoms with Gasteiger partial charge in [-0.25, -0.2) is 0 Å². The molecule has 0 bridgehead atoms. The molecule has 0 fully saturated rings. The second kappa shape index (κ2) is 9.24. The van der Waals surface area contributed by atoms with E-state index in [-0.39, 0.29) is 18.8 Å². The van der Waals surface area contributed by atoms with Crippen LogP contribution in [0.5, 0.6) is 5.75 Å². The molecule has 25 heavy (non-hydrogen) atoms. The van der Waals surface area contributed by atoms with Crippen LogP contribution in [0.25, 0.3) is 6.08 Å². The average molecular weight is 340 g/mol. The van der Waals surface area contributed by atoms with Crippen LogP contribution in [0.1, 0.15) is 15.9 Å². The van der Waals surface area contributed by atoms with Crippen molar-refractivity contribution in [2.24, 2.45) is 0 Å². The molecule has 2 aromatic carbocycles. The van der Waals surface area contributed by atoms with Gasteiger partial charge in [0.25, 0.3) is 11.8 Å². The van der Waals surface area contributed by atoms with Gasteiger partial charge in [-0.05, 0) is 23.8 Å². The Bertz CT molecular complexity index is 757. The van der Waals surface area contributed by atoms with Gasteiger partial charge in [0.1, 0.15) is 11.4 Å². The molecule has 2 aromatic rings. The van der Waals surface area contributed by atoms with Crippen LogP contribution in [-0.4, -0.2) is 37.2 Å². The Hall–Kier alpha value is -3.12. The number of methoxy groups -OCH3 is 1. The lowest BCUT2D eigenvalue weighted by Gasteiger charge is -2.12. The maximum Gasteiger partial charge on any atom is 0.267 e. The Morgan fingerprint density at radius 1 is 1.08 bits per heavy atom. The molecule has 0 saturated heterocycles. The Morgan fingerprint density at radius 3 is 2.44 bits per heavy atom. The van der Waals surface area contributed by atoms with Gasteiger partial charge in [-0.3, -0.25) is 9.59 Å². The second-order valence-corrected chi connectivity index (χ2v) is 5.10. The summed E-state index contributed by atoms with van der Waals surface area (Å²) in [7, 11) is 1.47. The highest BCUT2D eigenvalue weighted by atomic mass is 16.5. The monoisotopic (exact) mass is 340 g/mol. The van der Waals surface area contributed by atoms with Crippen LogP contribution in [0.2, 0.25) is 0 Å². The largest absolute Gasteiger partial charge is 0.496 e. The van der Waals surface area contributed by atoms with Gasteiger partial charge < -0.3 is 20.5 Å². The van der Waals surface area contributed by atoms with Gasteiger partial charge in [-0.1, -0.05) is 42.5 Å². The highest BCUT2D eigenvalue weighted by Gasteiger charge is 2.17. The van der Waals surface area contributed by atoms with Crippen LogP contribution in [-0.2, 0) is 4.79 Å². The first-order valence-corrected chi connectivity index (χ1v) is 7.76. The van der Waals surface area contributed by atoms with Crippen LogP contribution in [0.4, 0.5) is 0 Å². The fourth-order valence-electron chi connectivity index (χ4n) is 2.16. The van der Waals surface area contributed by atoms with E-state index in [4.69, 9.17) is 9.84 Å². The van der Waals surface area contributed by atoms with Gasteiger partial charge in [0, 0.05) is 6.54 Å². The number of aliphatic hydroxyl groups excluding tert-OH is 1. The number of hydrogen-bond acceptors (Lipinski definition) is 4. The molecule has 0 aliphatic heterocycles. The summed E-state index contributed by atoms with van der Waals surface area (Å²) in [5, 5.41) is 14.0. The summed E-state index contributed by atoms with van der Waals surface area (Å²) >= 11 is 0. The molecule has 3 N–H and O–H groups in total. The van der Waals surface area contributed by atoms with Crippen molar-refractivity contribution >= 4 is 17.9 Å². The molecule has 0 aliphatic carbocycles. The molecule has 0 spiro atoms. The normalized spacial score (nSPS) is 10.9. The molecule has 0 aliphatic rings. The lowest BCUT2D eigenvalue weighted by atomic mass is 10.1. The predicted molar refractivity (Wildman–Crippen MR) is 95.0 cm³/mol. The lowest BCUT2D eigenvalue weighted by Crippen LogP contribution is -2.36. The maximum atomic E-state index is 12.5. The SMILES string of the molecule is COc1ccccc1C(=O)NC(=Cc1ccccc1)C(=O)NCCO. The molecule has 0 unspecified atom stereocenters. The second-order valence-electron chi connectivity index (χ2n) is 5.10. The molecule has 0 radical (unpaired) electrons. The van der Waals surface area contributed by atoms with Crippen LogP contribution in [0, 0.1) is 0 Å². The topological polar surface area (TPSA) is 87.7 Å². The van der Waals surface area contributed by atoms with E-state index in [1.54, 1.807) is 30.3 Å². The van der Waals surface area contributed by atoms with Crippen molar-refractivity contribution in [1.29, 1.82) is 0 Å². The van der Waals surface area contributed by atoms with E-state index in [1.807, 2.05) is 30.3 Å². The minimum absolute atomic E-state index is 0.0792. The molecule has 6 heteroatoms. The molecular formula is C19H20N2O4. The number of hydrogen-bond donors (Lipinski definition) is 3. The number of carbonyl (C=O) groups is 2. The quantitative estimate of drug-likeness (QED) is 0.668. The van der Waals surface area contributed by atoms with Gasteiger partial charge in [-0.15, -0.1) is 0 Å². The number of amides is 2. The number of rotatable bonds is 7. The minimum atomic E-state index is -0.485. The van der Waals surface area contributed by atoms with E-state index < -0.39 is 11.8 Å². The van der Waals surface area contributed by atoms with Crippen molar-refractivity contribution in [3.8, 4) is 5.75 Å². The third kappa shape index (κ3) is 5.19. The zero-order valence-corrected chi connectivity index (χ0v) is 13.9. The minimum Gasteiger partial charge on any atom is -0.496 e. The van der Waals surface area contributed by atoms with Crippen molar-refractivity contribution in [2.75, 3.05) is 20.3 Å². The number of aliphatic hydroxyl groups is 1. The van der Waals surface area contributed by atoms with Crippen LogP contribution >= 0.6 is 0 Å². The third-order valence-electron chi connectivity index (χ3n) is 3.35. The first kappa shape index (κ1) is 18.2. The predicted octanol–water partition coefficient (Wildman–Crippen LogP) is 1.57. The molecule has 0 heterocycles. The average Bonchev–Trinajstić information content (AvgIpc) is 2.66. The molecule has 0 saturated carbocycles. The van der Waals surface area contributed by atoms with Gasteiger partial charge >= 0.3 is 0 Å². The summed E-state index contributed by atoms with van der Waals surface area (Å²) in [6.45, 7) is -0.0969. The zero-order chi connectivity index (χ0) is 18.1. The van der Waals surface area contributed by atoms with E-state index in [9.17, 15) is 9.59 Å². The highest BCUT2D eigenvalue weighted by Crippen LogP contribution is 2.17. The van der Waals surface area contributed by atoms with Crippen LogP contribution in [0.15, 0.2) is 60.3 Å². The molecule has 0 aromatic heterocycles. The first-order valence-electron chi connectivity index (χ1n) is 7.76. The van der Waals surface area contributed by atoms with Crippen molar-refractivity contribution < 1.29 is 19.4 Å².